The van der Waals surface area contributed by atoms with Crippen molar-refractivity contribution >= 4 is 0 Å². The molecule has 0 aromatic heterocycles. The fraction of sp³-hybridized carbons (Fsp3) is 0.615. The highest BCUT2D eigenvalue weighted by molar-refractivity contribution is 5.00. The molecule has 1 unspecified atom stereocenters. The predicted octanol–water partition coefficient (Wildman–Crippen LogP) is 5.18. The van der Waals surface area contributed by atoms with Gasteiger partial charge in [0.05, 0.1) is 6.61 Å². The molecule has 0 aliphatic carbocycles. The van der Waals surface area contributed by atoms with Crippen LogP contribution in [0.5, 0.6) is 0 Å². The molecule has 0 heterocycles. The summed E-state index contributed by atoms with van der Waals surface area (Å²) in [5.74, 6) is 0. The summed E-state index contributed by atoms with van der Waals surface area (Å²) in [6.07, 6.45) is 31.0. The molecule has 0 spiro atoms. The van der Waals surface area contributed by atoms with Crippen LogP contribution in [0.2, 0.25) is 0 Å². The first-order valence-electron chi connectivity index (χ1n) is 11.8. The normalized spacial score (nSPS) is 14.9. The van der Waals surface area contributed by atoms with Gasteiger partial charge in [-0.05, 0) is 64.3 Å². The zero-order valence-electron chi connectivity index (χ0n) is 19.3. The van der Waals surface area contributed by atoms with Crippen molar-refractivity contribution in [2.24, 2.45) is 0 Å². The van der Waals surface area contributed by atoms with Crippen molar-refractivity contribution in [2.45, 2.75) is 83.9 Å². The molecule has 0 saturated heterocycles. The Hall–Kier alpha value is -1.46. The van der Waals surface area contributed by atoms with Crippen molar-refractivity contribution in [1.82, 2.24) is 10.6 Å². The minimum absolute atomic E-state index is 0.0326. The van der Waals surface area contributed by atoms with E-state index in [1.54, 1.807) is 0 Å². The molecule has 4 N–H and O–H groups in total. The van der Waals surface area contributed by atoms with Gasteiger partial charge in [0.2, 0.25) is 0 Å². The predicted molar refractivity (Wildman–Crippen MR) is 131 cm³/mol. The Morgan fingerprint density at radius 1 is 0.667 bits per heavy atom. The van der Waals surface area contributed by atoms with Gasteiger partial charge in [-0.1, -0.05) is 74.6 Å². The quantitative estimate of drug-likeness (QED) is 0.125. The molecular weight excluding hydrogens is 372 g/mol. The van der Waals surface area contributed by atoms with Crippen LogP contribution in [0.1, 0.15) is 71.6 Å². The summed E-state index contributed by atoms with van der Waals surface area (Å²) in [7, 11) is 0. The molecule has 0 aromatic rings. The van der Waals surface area contributed by atoms with E-state index in [0.717, 1.165) is 64.3 Å². The third-order valence-electron chi connectivity index (χ3n) is 4.65. The average molecular weight is 419 g/mol. The fourth-order valence-electron chi connectivity index (χ4n) is 2.88. The third kappa shape index (κ3) is 19.8. The number of unbranched alkanes of at least 4 members (excludes halogenated alkanes) is 2. The summed E-state index contributed by atoms with van der Waals surface area (Å²) in [6, 6.07) is 0.0326. The van der Waals surface area contributed by atoms with E-state index in [-0.39, 0.29) is 12.6 Å². The number of nitrogens with one attached hydrogen (secondary N) is 2. The lowest BCUT2D eigenvalue weighted by Crippen LogP contribution is -2.48. The molecule has 0 aromatic carbocycles. The molecule has 172 valence electrons. The van der Waals surface area contributed by atoms with Gasteiger partial charge < -0.3 is 15.5 Å². The van der Waals surface area contributed by atoms with E-state index in [0.29, 0.717) is 6.54 Å². The van der Waals surface area contributed by atoms with E-state index < -0.39 is 6.23 Å². The summed E-state index contributed by atoms with van der Waals surface area (Å²) in [6.45, 7) is 5.58. The van der Waals surface area contributed by atoms with Crippen molar-refractivity contribution < 1.29 is 10.2 Å². The number of aliphatic hydroxyl groups excluding tert-OH is 2. The standard InChI is InChI=1S/C26H46N2O2/c1-3-5-6-7-8-9-10-11-12-13-14-15-16-17-18-19-20-21-22-27-25(4-2)26(30)28-23-24-29/h5-6,8-9,11-12,14-15,17-18,25-30H,3-4,7,10,13,16,19-24H2,1-2H3/b6-5-,9-8-,12-11-,15-14-,18-17-/t25?,26-/m1/s1. The van der Waals surface area contributed by atoms with Crippen molar-refractivity contribution in [1.29, 1.82) is 0 Å². The van der Waals surface area contributed by atoms with Crippen LogP contribution in [0, 0.1) is 0 Å². The van der Waals surface area contributed by atoms with Crippen molar-refractivity contribution in [2.75, 3.05) is 19.7 Å². The first-order chi connectivity index (χ1) is 14.8. The molecule has 0 radical (unpaired) electrons. The molecule has 0 aliphatic heterocycles. The van der Waals surface area contributed by atoms with E-state index in [1.807, 2.05) is 0 Å². The second-order valence-corrected chi connectivity index (χ2v) is 7.30. The second kappa shape index (κ2) is 23.8. The van der Waals surface area contributed by atoms with Crippen molar-refractivity contribution in [3.8, 4) is 0 Å². The summed E-state index contributed by atoms with van der Waals surface area (Å²) in [5.41, 5.74) is 0. The SMILES string of the molecule is CC/C=C\C/C=C\C/C=C\C/C=C\C/C=C\CCCCNC(CC)[C@@H](O)NCCO. The average Bonchev–Trinajstić information content (AvgIpc) is 2.76. The van der Waals surface area contributed by atoms with Crippen LogP contribution >= 0.6 is 0 Å². The van der Waals surface area contributed by atoms with Crippen LogP contribution in [0.25, 0.3) is 0 Å². The first-order valence-corrected chi connectivity index (χ1v) is 11.8. The van der Waals surface area contributed by atoms with Crippen LogP contribution in [0.3, 0.4) is 0 Å². The lowest BCUT2D eigenvalue weighted by molar-refractivity contribution is 0.0857. The Kier molecular flexibility index (Phi) is 22.7. The molecule has 0 aliphatic rings. The first kappa shape index (κ1) is 28.5. The van der Waals surface area contributed by atoms with E-state index in [4.69, 9.17) is 5.11 Å². The van der Waals surface area contributed by atoms with Gasteiger partial charge >= 0.3 is 0 Å². The molecule has 0 bridgehead atoms. The number of aliphatic hydroxyl groups is 2. The Labute approximate surface area is 185 Å². The van der Waals surface area contributed by atoms with Crippen LogP contribution < -0.4 is 10.6 Å². The van der Waals surface area contributed by atoms with Gasteiger partial charge in [0.25, 0.3) is 0 Å². The monoisotopic (exact) mass is 418 g/mol. The topological polar surface area (TPSA) is 64.5 Å². The number of allylic oxidation sites excluding steroid dienone is 10. The van der Waals surface area contributed by atoms with Crippen molar-refractivity contribution in [3.05, 3.63) is 60.8 Å². The molecule has 2 atom stereocenters. The molecular formula is C26H46N2O2. The summed E-state index contributed by atoms with van der Waals surface area (Å²) in [5, 5.41) is 25.1. The van der Waals surface area contributed by atoms with E-state index in [9.17, 15) is 5.11 Å². The highest BCUT2D eigenvalue weighted by Crippen LogP contribution is 2.01. The van der Waals surface area contributed by atoms with Gasteiger partial charge in [0.15, 0.2) is 0 Å². The minimum atomic E-state index is -0.604. The summed E-state index contributed by atoms with van der Waals surface area (Å²) >= 11 is 0. The zero-order valence-corrected chi connectivity index (χ0v) is 19.3. The lowest BCUT2D eigenvalue weighted by atomic mass is 10.1. The Morgan fingerprint density at radius 3 is 1.70 bits per heavy atom. The highest BCUT2D eigenvalue weighted by atomic mass is 16.3. The molecule has 30 heavy (non-hydrogen) atoms. The molecule has 4 nitrogen and oxygen atoms in total. The van der Waals surface area contributed by atoms with Gasteiger partial charge in [-0.15, -0.1) is 0 Å². The fourth-order valence-corrected chi connectivity index (χ4v) is 2.88. The van der Waals surface area contributed by atoms with E-state index >= 15 is 0 Å². The van der Waals surface area contributed by atoms with Gasteiger partial charge in [-0.2, -0.15) is 0 Å². The van der Waals surface area contributed by atoms with Crippen LogP contribution in [0.4, 0.5) is 0 Å². The maximum atomic E-state index is 9.98. The van der Waals surface area contributed by atoms with Gasteiger partial charge in [-0.25, -0.2) is 0 Å². The number of hydrogen-bond donors (Lipinski definition) is 4. The van der Waals surface area contributed by atoms with Gasteiger partial charge in [0, 0.05) is 12.6 Å². The lowest BCUT2D eigenvalue weighted by Gasteiger charge is -2.23. The summed E-state index contributed by atoms with van der Waals surface area (Å²) in [4.78, 5) is 0. The molecule has 0 rings (SSSR count). The molecule has 0 fully saturated rings. The maximum Gasteiger partial charge on any atom is 0.120 e. The van der Waals surface area contributed by atoms with E-state index in [2.05, 4.69) is 85.2 Å². The largest absolute Gasteiger partial charge is 0.395 e. The minimum Gasteiger partial charge on any atom is -0.395 e. The number of hydrogen-bond acceptors (Lipinski definition) is 4. The zero-order chi connectivity index (χ0) is 22.1. The smallest absolute Gasteiger partial charge is 0.120 e. The third-order valence-corrected chi connectivity index (χ3v) is 4.65. The maximum absolute atomic E-state index is 9.98. The van der Waals surface area contributed by atoms with Crippen LogP contribution in [-0.4, -0.2) is 42.2 Å². The Balaban J connectivity index is 3.59. The number of rotatable bonds is 20. The van der Waals surface area contributed by atoms with Crippen LogP contribution in [-0.2, 0) is 0 Å². The summed E-state index contributed by atoms with van der Waals surface area (Å²) < 4.78 is 0. The van der Waals surface area contributed by atoms with E-state index in [1.165, 1.54) is 0 Å². The Morgan fingerprint density at radius 2 is 1.20 bits per heavy atom. The highest BCUT2D eigenvalue weighted by Gasteiger charge is 2.14. The molecule has 4 heteroatoms. The van der Waals surface area contributed by atoms with Gasteiger partial charge in [-0.3, -0.25) is 5.32 Å². The molecule has 0 saturated carbocycles. The Bertz CT molecular complexity index is 495. The van der Waals surface area contributed by atoms with Crippen molar-refractivity contribution in [3.63, 3.8) is 0 Å². The second-order valence-electron chi connectivity index (χ2n) is 7.30. The van der Waals surface area contributed by atoms with Gasteiger partial charge in [0.1, 0.15) is 6.23 Å². The molecule has 0 amide bonds. The van der Waals surface area contributed by atoms with Crippen LogP contribution in [0.15, 0.2) is 60.8 Å².